The molecule has 6 heteroatoms. The fourth-order valence-corrected chi connectivity index (χ4v) is 3.52. The molecular weight excluding hydrogens is 366 g/mol. The van der Waals surface area contributed by atoms with Crippen molar-refractivity contribution in [3.63, 3.8) is 0 Å². The molecule has 148 valence electrons. The molecule has 1 fully saturated rings. The number of aryl methyl sites for hydroxylation is 1. The smallest absolute Gasteiger partial charge is 0.236 e. The summed E-state index contributed by atoms with van der Waals surface area (Å²) in [6.07, 6.45) is 3.32. The molecule has 3 aromatic rings. The van der Waals surface area contributed by atoms with Crippen molar-refractivity contribution in [3.05, 3.63) is 65.9 Å². The van der Waals surface area contributed by atoms with E-state index < -0.39 is 5.41 Å². The Bertz CT molecular complexity index is 1040. The molecule has 0 radical (unpaired) electrons. The van der Waals surface area contributed by atoms with Gasteiger partial charge in [0.1, 0.15) is 11.6 Å². The summed E-state index contributed by atoms with van der Waals surface area (Å²) < 4.78 is 10.6. The molecule has 0 unspecified atom stereocenters. The topological polar surface area (TPSA) is 73.3 Å². The van der Waals surface area contributed by atoms with E-state index in [9.17, 15) is 4.79 Å². The molecule has 6 nitrogen and oxygen atoms in total. The lowest BCUT2D eigenvalue weighted by Crippen LogP contribution is -2.28. The van der Waals surface area contributed by atoms with Crippen molar-refractivity contribution in [1.82, 2.24) is 9.97 Å². The van der Waals surface area contributed by atoms with Crippen LogP contribution in [0.4, 0.5) is 5.82 Å². The third-order valence-corrected chi connectivity index (χ3v) is 5.39. The first-order valence-electron chi connectivity index (χ1n) is 9.50. The first-order valence-corrected chi connectivity index (χ1v) is 9.50. The Hall–Kier alpha value is -3.41. The van der Waals surface area contributed by atoms with Gasteiger partial charge in [-0.2, -0.15) is 0 Å². The molecular formula is C23H23N3O3. The number of pyridine rings is 2. The lowest BCUT2D eigenvalue weighted by Gasteiger charge is -2.17. The molecule has 0 bridgehead atoms. The Balaban J connectivity index is 1.60. The largest absolute Gasteiger partial charge is 0.497 e. The van der Waals surface area contributed by atoms with Crippen LogP contribution in [0.1, 0.15) is 24.0 Å². The summed E-state index contributed by atoms with van der Waals surface area (Å²) in [5.74, 6) is 1.76. The third-order valence-electron chi connectivity index (χ3n) is 5.39. The van der Waals surface area contributed by atoms with E-state index in [1.165, 1.54) is 0 Å². The first-order chi connectivity index (χ1) is 14.1. The zero-order valence-electron chi connectivity index (χ0n) is 16.7. The van der Waals surface area contributed by atoms with Gasteiger partial charge in [-0.15, -0.1) is 0 Å². The van der Waals surface area contributed by atoms with E-state index in [-0.39, 0.29) is 5.91 Å². The zero-order valence-corrected chi connectivity index (χ0v) is 16.7. The molecule has 4 rings (SSSR count). The second-order valence-electron chi connectivity index (χ2n) is 7.19. The highest BCUT2D eigenvalue weighted by molar-refractivity contribution is 6.01. The van der Waals surface area contributed by atoms with Gasteiger partial charge in [-0.3, -0.25) is 4.79 Å². The van der Waals surface area contributed by atoms with Gasteiger partial charge in [0.2, 0.25) is 11.8 Å². The highest BCUT2D eigenvalue weighted by atomic mass is 16.5. The molecule has 1 saturated carbocycles. The number of benzene rings is 1. The fraction of sp³-hybridized carbons (Fsp3) is 0.261. The molecule has 1 N–H and O–H groups in total. The molecule has 1 aliphatic rings. The van der Waals surface area contributed by atoms with Crippen molar-refractivity contribution in [2.45, 2.75) is 25.2 Å². The number of hydrogen-bond donors (Lipinski definition) is 1. The summed E-state index contributed by atoms with van der Waals surface area (Å²) in [5, 5.41) is 3.00. The summed E-state index contributed by atoms with van der Waals surface area (Å²) in [5.41, 5.74) is 3.01. The lowest BCUT2D eigenvalue weighted by atomic mass is 9.95. The minimum absolute atomic E-state index is 0.0388. The number of nitrogens with zero attached hydrogens (tertiary/aromatic N) is 2. The number of hydrogen-bond acceptors (Lipinski definition) is 5. The number of anilines is 1. The van der Waals surface area contributed by atoms with Crippen LogP contribution in [0.15, 0.2) is 54.7 Å². The lowest BCUT2D eigenvalue weighted by molar-refractivity contribution is -0.118. The standard InChI is InChI=1S/C23H23N3O3/c1-15-6-11-19(25-20(15)18-5-4-14-24-21(18)29-3)26-22(27)23(12-13-23)16-7-9-17(28-2)10-8-16/h4-11,14H,12-13H2,1-3H3,(H,25,26,27). The normalized spacial score (nSPS) is 14.2. The number of amides is 1. The Kier molecular flexibility index (Phi) is 4.92. The number of nitrogens with one attached hydrogen (secondary N) is 1. The van der Waals surface area contributed by atoms with E-state index in [4.69, 9.17) is 9.47 Å². The van der Waals surface area contributed by atoms with E-state index in [1.807, 2.05) is 55.5 Å². The molecule has 1 aliphatic carbocycles. The van der Waals surface area contributed by atoms with E-state index >= 15 is 0 Å². The molecule has 0 spiro atoms. The van der Waals surface area contributed by atoms with Gasteiger partial charge in [-0.1, -0.05) is 18.2 Å². The van der Waals surface area contributed by atoms with Crippen LogP contribution in [0.5, 0.6) is 11.6 Å². The van der Waals surface area contributed by atoms with Crippen LogP contribution in [0.3, 0.4) is 0 Å². The summed E-state index contributed by atoms with van der Waals surface area (Å²) in [6, 6.07) is 15.2. The highest BCUT2D eigenvalue weighted by Crippen LogP contribution is 2.49. The molecule has 2 aromatic heterocycles. The molecule has 2 heterocycles. The van der Waals surface area contributed by atoms with Crippen LogP contribution < -0.4 is 14.8 Å². The molecule has 1 amide bonds. The van der Waals surface area contributed by atoms with Gasteiger partial charge in [0.15, 0.2) is 0 Å². The highest BCUT2D eigenvalue weighted by Gasteiger charge is 2.51. The van der Waals surface area contributed by atoms with Crippen LogP contribution in [0.25, 0.3) is 11.3 Å². The van der Waals surface area contributed by atoms with Crippen molar-refractivity contribution < 1.29 is 14.3 Å². The average molecular weight is 389 g/mol. The van der Waals surface area contributed by atoms with E-state index in [0.29, 0.717) is 11.7 Å². The van der Waals surface area contributed by atoms with Crippen LogP contribution in [-0.2, 0) is 10.2 Å². The number of aromatic nitrogens is 2. The SMILES string of the molecule is COc1ccc(C2(C(=O)Nc3ccc(C)c(-c4cccnc4OC)n3)CC2)cc1. The number of methoxy groups -OCH3 is 2. The Morgan fingerprint density at radius 1 is 1.03 bits per heavy atom. The predicted molar refractivity (Wildman–Crippen MR) is 111 cm³/mol. The number of rotatable bonds is 6. The minimum atomic E-state index is -0.495. The second kappa shape index (κ2) is 7.54. The van der Waals surface area contributed by atoms with Crippen molar-refractivity contribution in [2.24, 2.45) is 0 Å². The van der Waals surface area contributed by atoms with Crippen molar-refractivity contribution in [1.29, 1.82) is 0 Å². The number of carbonyl (C=O) groups excluding carboxylic acids is 1. The maximum Gasteiger partial charge on any atom is 0.236 e. The van der Waals surface area contributed by atoms with E-state index in [0.717, 1.165) is 41.0 Å². The monoisotopic (exact) mass is 389 g/mol. The third kappa shape index (κ3) is 3.53. The van der Waals surface area contributed by atoms with E-state index in [2.05, 4.69) is 15.3 Å². The number of carbonyl (C=O) groups is 1. The molecule has 1 aromatic carbocycles. The average Bonchev–Trinajstić information content (AvgIpc) is 3.57. The summed E-state index contributed by atoms with van der Waals surface area (Å²) in [7, 11) is 3.21. The Labute approximate surface area is 169 Å². The van der Waals surface area contributed by atoms with Gasteiger partial charge in [0, 0.05) is 6.20 Å². The maximum absolute atomic E-state index is 13.1. The van der Waals surface area contributed by atoms with E-state index in [1.54, 1.807) is 20.4 Å². The van der Waals surface area contributed by atoms with Crippen molar-refractivity contribution >= 4 is 11.7 Å². The van der Waals surface area contributed by atoms with Gasteiger partial charge in [0.25, 0.3) is 0 Å². The molecule has 0 aliphatic heterocycles. The van der Waals surface area contributed by atoms with Crippen molar-refractivity contribution in [2.75, 3.05) is 19.5 Å². The molecule has 29 heavy (non-hydrogen) atoms. The van der Waals surface area contributed by atoms with Crippen LogP contribution >= 0.6 is 0 Å². The van der Waals surface area contributed by atoms with Gasteiger partial charge < -0.3 is 14.8 Å². The zero-order chi connectivity index (χ0) is 20.4. The van der Waals surface area contributed by atoms with Gasteiger partial charge >= 0.3 is 0 Å². The van der Waals surface area contributed by atoms with Crippen LogP contribution in [0, 0.1) is 6.92 Å². The first kappa shape index (κ1) is 18.9. The Morgan fingerprint density at radius 3 is 2.45 bits per heavy atom. The predicted octanol–water partition coefficient (Wildman–Crippen LogP) is 4.14. The van der Waals surface area contributed by atoms with Gasteiger partial charge in [0.05, 0.1) is 30.9 Å². The number of ether oxygens (including phenoxy) is 2. The van der Waals surface area contributed by atoms with Crippen LogP contribution in [-0.4, -0.2) is 30.1 Å². The minimum Gasteiger partial charge on any atom is -0.497 e. The van der Waals surface area contributed by atoms with Gasteiger partial charge in [-0.05, 0) is 61.2 Å². The van der Waals surface area contributed by atoms with Crippen molar-refractivity contribution in [3.8, 4) is 22.9 Å². The molecule has 0 atom stereocenters. The molecule has 0 saturated heterocycles. The van der Waals surface area contributed by atoms with Gasteiger partial charge in [-0.25, -0.2) is 9.97 Å². The second-order valence-corrected chi connectivity index (χ2v) is 7.19. The summed E-state index contributed by atoms with van der Waals surface area (Å²) >= 11 is 0. The summed E-state index contributed by atoms with van der Waals surface area (Å²) in [4.78, 5) is 22.0. The quantitative estimate of drug-likeness (QED) is 0.686. The fourth-order valence-electron chi connectivity index (χ4n) is 3.52. The van der Waals surface area contributed by atoms with Crippen LogP contribution in [0.2, 0.25) is 0 Å². The summed E-state index contributed by atoms with van der Waals surface area (Å²) in [6.45, 7) is 1.97. The Morgan fingerprint density at radius 2 is 1.79 bits per heavy atom. The maximum atomic E-state index is 13.1.